The SMILES string of the molecule is CC(C)(C)CN(C(=O)OC(C)(C)C)C1CCCN(C(=O)OCc2ccccc2)C1. The summed E-state index contributed by atoms with van der Waals surface area (Å²) in [6.45, 7) is 13.8. The van der Waals surface area contributed by atoms with Gasteiger partial charge in [-0.25, -0.2) is 9.59 Å². The molecule has 1 aromatic carbocycles. The van der Waals surface area contributed by atoms with Gasteiger partial charge in [0.25, 0.3) is 0 Å². The van der Waals surface area contributed by atoms with Gasteiger partial charge in [0, 0.05) is 19.6 Å². The molecule has 1 saturated heterocycles. The minimum atomic E-state index is -0.559. The predicted molar refractivity (Wildman–Crippen MR) is 114 cm³/mol. The van der Waals surface area contributed by atoms with Crippen LogP contribution >= 0.6 is 0 Å². The predicted octanol–water partition coefficient (Wildman–Crippen LogP) is 5.07. The third kappa shape index (κ3) is 7.95. The van der Waals surface area contributed by atoms with Gasteiger partial charge in [-0.05, 0) is 44.6 Å². The molecule has 0 aliphatic carbocycles. The summed E-state index contributed by atoms with van der Waals surface area (Å²) in [7, 11) is 0. The second-order valence-electron chi connectivity index (χ2n) is 9.95. The van der Waals surface area contributed by atoms with Gasteiger partial charge in [-0.15, -0.1) is 0 Å². The van der Waals surface area contributed by atoms with Crippen LogP contribution in [0.25, 0.3) is 0 Å². The minimum Gasteiger partial charge on any atom is -0.445 e. The van der Waals surface area contributed by atoms with Gasteiger partial charge in [-0.2, -0.15) is 0 Å². The number of ether oxygens (including phenoxy) is 2. The standard InChI is InChI=1S/C23H36N2O4/c1-22(2,3)17-25(21(27)29-23(4,5)6)19-13-10-14-24(15-19)20(26)28-16-18-11-8-7-9-12-18/h7-9,11-12,19H,10,13-17H2,1-6H3. The van der Waals surface area contributed by atoms with Gasteiger partial charge in [0.2, 0.25) is 0 Å². The average molecular weight is 405 g/mol. The molecule has 1 atom stereocenters. The number of hydrogen-bond donors (Lipinski definition) is 0. The van der Waals surface area contributed by atoms with Gasteiger partial charge >= 0.3 is 12.2 Å². The Bertz CT molecular complexity index is 676. The normalized spacial score (nSPS) is 17.6. The lowest BCUT2D eigenvalue weighted by atomic mass is 9.94. The number of nitrogens with zero attached hydrogens (tertiary/aromatic N) is 2. The van der Waals surface area contributed by atoms with E-state index in [4.69, 9.17) is 9.47 Å². The number of carbonyl (C=O) groups excluding carboxylic acids is 2. The highest BCUT2D eigenvalue weighted by molar-refractivity contribution is 5.70. The first kappa shape index (κ1) is 23.0. The maximum atomic E-state index is 12.9. The van der Waals surface area contributed by atoms with Crippen molar-refractivity contribution in [3.63, 3.8) is 0 Å². The third-order valence-electron chi connectivity index (χ3n) is 4.57. The van der Waals surface area contributed by atoms with Crippen molar-refractivity contribution in [1.82, 2.24) is 9.80 Å². The van der Waals surface area contributed by atoms with Gasteiger partial charge in [-0.3, -0.25) is 0 Å². The Labute approximate surface area is 175 Å². The van der Waals surface area contributed by atoms with Crippen LogP contribution in [0.4, 0.5) is 9.59 Å². The first-order valence-electron chi connectivity index (χ1n) is 10.4. The molecule has 1 aromatic rings. The highest BCUT2D eigenvalue weighted by Gasteiger charge is 2.35. The molecule has 1 unspecified atom stereocenters. The molecule has 29 heavy (non-hydrogen) atoms. The zero-order chi connectivity index (χ0) is 21.7. The van der Waals surface area contributed by atoms with Crippen molar-refractivity contribution < 1.29 is 19.1 Å². The van der Waals surface area contributed by atoms with Gasteiger partial charge < -0.3 is 19.3 Å². The Balaban J connectivity index is 2.03. The highest BCUT2D eigenvalue weighted by Crippen LogP contribution is 2.25. The van der Waals surface area contributed by atoms with Crippen LogP contribution in [0.5, 0.6) is 0 Å². The van der Waals surface area contributed by atoms with Gasteiger partial charge in [-0.1, -0.05) is 51.1 Å². The monoisotopic (exact) mass is 404 g/mol. The molecule has 6 nitrogen and oxygen atoms in total. The molecule has 2 rings (SSSR count). The van der Waals surface area contributed by atoms with E-state index in [0.717, 1.165) is 18.4 Å². The van der Waals surface area contributed by atoms with E-state index in [1.807, 2.05) is 51.1 Å². The van der Waals surface area contributed by atoms with Crippen LogP contribution in [0.2, 0.25) is 0 Å². The number of benzene rings is 1. The summed E-state index contributed by atoms with van der Waals surface area (Å²) >= 11 is 0. The highest BCUT2D eigenvalue weighted by atomic mass is 16.6. The van der Waals surface area contributed by atoms with E-state index in [-0.39, 0.29) is 30.3 Å². The van der Waals surface area contributed by atoms with Crippen LogP contribution < -0.4 is 0 Å². The van der Waals surface area contributed by atoms with Gasteiger partial charge in [0.05, 0.1) is 6.04 Å². The lowest BCUT2D eigenvalue weighted by molar-refractivity contribution is -0.00324. The molecule has 2 amide bonds. The molecule has 0 bridgehead atoms. The molecular formula is C23H36N2O4. The summed E-state index contributed by atoms with van der Waals surface area (Å²) in [4.78, 5) is 29.0. The summed E-state index contributed by atoms with van der Waals surface area (Å²) < 4.78 is 11.1. The summed E-state index contributed by atoms with van der Waals surface area (Å²) in [5.74, 6) is 0. The maximum Gasteiger partial charge on any atom is 0.410 e. The molecule has 0 saturated carbocycles. The van der Waals surface area contributed by atoms with Gasteiger partial charge in [0.15, 0.2) is 0 Å². The van der Waals surface area contributed by atoms with Crippen molar-refractivity contribution in [2.24, 2.45) is 5.41 Å². The fourth-order valence-corrected chi connectivity index (χ4v) is 3.36. The Morgan fingerprint density at radius 2 is 1.76 bits per heavy atom. The van der Waals surface area contributed by atoms with Crippen molar-refractivity contribution in [3.8, 4) is 0 Å². The first-order valence-corrected chi connectivity index (χ1v) is 10.4. The van der Waals surface area contributed by atoms with Gasteiger partial charge in [0.1, 0.15) is 12.2 Å². The summed E-state index contributed by atoms with van der Waals surface area (Å²) in [5.41, 5.74) is 0.320. The zero-order valence-electron chi connectivity index (χ0n) is 18.7. The fourth-order valence-electron chi connectivity index (χ4n) is 3.36. The van der Waals surface area contributed by atoms with E-state index >= 15 is 0 Å². The number of piperidine rings is 1. The van der Waals surface area contributed by atoms with Crippen molar-refractivity contribution in [2.45, 2.75) is 72.6 Å². The zero-order valence-corrected chi connectivity index (χ0v) is 18.7. The molecule has 0 N–H and O–H groups in total. The average Bonchev–Trinajstić information content (AvgIpc) is 2.63. The lowest BCUT2D eigenvalue weighted by Gasteiger charge is -2.41. The second-order valence-corrected chi connectivity index (χ2v) is 9.95. The number of likely N-dealkylation sites (tertiary alicyclic amines) is 1. The van der Waals surface area contributed by atoms with Crippen LogP contribution in [-0.4, -0.2) is 53.3 Å². The summed E-state index contributed by atoms with van der Waals surface area (Å²) in [6.07, 6.45) is 1.02. The van der Waals surface area contributed by atoms with Crippen molar-refractivity contribution >= 4 is 12.2 Å². The molecule has 1 aliphatic rings. The van der Waals surface area contributed by atoms with E-state index < -0.39 is 5.60 Å². The van der Waals surface area contributed by atoms with Crippen LogP contribution in [0.1, 0.15) is 59.9 Å². The Hall–Kier alpha value is -2.24. The molecule has 1 aliphatic heterocycles. The van der Waals surface area contributed by atoms with E-state index in [0.29, 0.717) is 19.6 Å². The van der Waals surface area contributed by atoms with Crippen molar-refractivity contribution in [3.05, 3.63) is 35.9 Å². The van der Waals surface area contributed by atoms with E-state index in [1.54, 1.807) is 9.80 Å². The van der Waals surface area contributed by atoms with Crippen molar-refractivity contribution in [2.75, 3.05) is 19.6 Å². The first-order chi connectivity index (χ1) is 13.4. The minimum absolute atomic E-state index is 0.0764. The molecular weight excluding hydrogens is 368 g/mol. The van der Waals surface area contributed by atoms with Crippen molar-refractivity contribution in [1.29, 1.82) is 0 Å². The molecule has 162 valence electrons. The maximum absolute atomic E-state index is 12.9. The number of rotatable bonds is 4. The lowest BCUT2D eigenvalue weighted by Crippen LogP contribution is -2.54. The summed E-state index contributed by atoms with van der Waals surface area (Å²) in [5, 5.41) is 0. The summed E-state index contributed by atoms with van der Waals surface area (Å²) in [6, 6.07) is 9.55. The van der Waals surface area contributed by atoms with Crippen LogP contribution in [-0.2, 0) is 16.1 Å². The molecule has 0 radical (unpaired) electrons. The Kier molecular flexibility index (Phi) is 7.55. The van der Waals surface area contributed by atoms with Crippen LogP contribution in [0.3, 0.4) is 0 Å². The number of hydrogen-bond acceptors (Lipinski definition) is 4. The fraction of sp³-hybridized carbons (Fsp3) is 0.652. The topological polar surface area (TPSA) is 59.1 Å². The smallest absolute Gasteiger partial charge is 0.410 e. The molecule has 6 heteroatoms. The van der Waals surface area contributed by atoms with E-state index in [2.05, 4.69) is 20.8 Å². The molecule has 0 spiro atoms. The largest absolute Gasteiger partial charge is 0.445 e. The second kappa shape index (κ2) is 9.51. The number of amides is 2. The molecule has 1 heterocycles. The molecule has 1 fully saturated rings. The van der Waals surface area contributed by atoms with E-state index in [1.165, 1.54) is 0 Å². The quantitative estimate of drug-likeness (QED) is 0.703. The third-order valence-corrected chi connectivity index (χ3v) is 4.57. The molecule has 0 aromatic heterocycles. The number of carbonyl (C=O) groups is 2. The Morgan fingerprint density at radius 1 is 1.10 bits per heavy atom. The van der Waals surface area contributed by atoms with Crippen LogP contribution in [0.15, 0.2) is 30.3 Å². The van der Waals surface area contributed by atoms with E-state index in [9.17, 15) is 9.59 Å². The Morgan fingerprint density at radius 3 is 2.34 bits per heavy atom. The van der Waals surface area contributed by atoms with Crippen LogP contribution in [0, 0.1) is 5.41 Å².